The van der Waals surface area contributed by atoms with Crippen molar-refractivity contribution in [1.82, 2.24) is 14.9 Å². The van der Waals surface area contributed by atoms with Gasteiger partial charge in [-0.15, -0.1) is 0 Å². The Bertz CT molecular complexity index is 542. The summed E-state index contributed by atoms with van der Waals surface area (Å²) in [5, 5.41) is 6.71. The number of sulfonamides is 1. The molecule has 9 heteroatoms. The molecule has 0 aromatic rings. The molecule has 2 aliphatic heterocycles. The van der Waals surface area contributed by atoms with Crippen molar-refractivity contribution in [3.05, 3.63) is 0 Å². The van der Waals surface area contributed by atoms with Crippen LogP contribution in [0.5, 0.6) is 0 Å². The zero-order chi connectivity index (χ0) is 19.5. The van der Waals surface area contributed by atoms with E-state index in [1.807, 2.05) is 6.92 Å². The van der Waals surface area contributed by atoms with Gasteiger partial charge in [0.1, 0.15) is 0 Å². The summed E-state index contributed by atoms with van der Waals surface area (Å²) in [6.07, 6.45) is 3.59. The molecule has 2 aliphatic rings. The molecule has 1 atom stereocenters. The highest BCUT2D eigenvalue weighted by Crippen LogP contribution is 2.14. The summed E-state index contributed by atoms with van der Waals surface area (Å²) < 4.78 is 36.5. The van der Waals surface area contributed by atoms with E-state index in [2.05, 4.69) is 15.6 Å². The number of aliphatic imine (C=N–C) groups is 1. The van der Waals surface area contributed by atoms with Gasteiger partial charge < -0.3 is 20.1 Å². The third kappa shape index (κ3) is 7.93. The third-order valence-corrected chi connectivity index (χ3v) is 6.87. The lowest BCUT2D eigenvalue weighted by atomic mass is 10.1. The Morgan fingerprint density at radius 2 is 2.04 bits per heavy atom. The van der Waals surface area contributed by atoms with Crippen LogP contribution in [0.15, 0.2) is 4.99 Å². The highest BCUT2D eigenvalue weighted by atomic mass is 32.2. The highest BCUT2D eigenvalue weighted by molar-refractivity contribution is 7.89. The maximum atomic E-state index is 11.9. The molecule has 2 heterocycles. The van der Waals surface area contributed by atoms with Crippen LogP contribution in [0.25, 0.3) is 0 Å². The number of hydrogen-bond donors (Lipinski definition) is 2. The molecule has 1 unspecified atom stereocenters. The number of nitrogens with one attached hydrogen (secondary N) is 2. The molecular weight excluding hydrogens is 368 g/mol. The first kappa shape index (κ1) is 22.4. The molecule has 0 spiro atoms. The summed E-state index contributed by atoms with van der Waals surface area (Å²) in [6, 6.07) is 0.254. The van der Waals surface area contributed by atoms with Gasteiger partial charge in [-0.25, -0.2) is 12.7 Å². The van der Waals surface area contributed by atoms with Crippen LogP contribution >= 0.6 is 0 Å². The average Bonchev–Trinajstić information content (AvgIpc) is 3.18. The van der Waals surface area contributed by atoms with Gasteiger partial charge in [0, 0.05) is 51.4 Å². The van der Waals surface area contributed by atoms with Crippen molar-refractivity contribution < 1.29 is 17.9 Å². The molecule has 0 bridgehead atoms. The second-order valence-corrected chi connectivity index (χ2v) is 9.39. The molecule has 8 nitrogen and oxygen atoms in total. The number of piperidine rings is 1. The smallest absolute Gasteiger partial charge is 0.213 e. The lowest BCUT2D eigenvalue weighted by molar-refractivity contribution is 0.0893. The summed E-state index contributed by atoms with van der Waals surface area (Å²) in [7, 11) is -3.07. The highest BCUT2D eigenvalue weighted by Gasteiger charge is 2.26. The minimum atomic E-state index is -3.07. The van der Waals surface area contributed by atoms with E-state index >= 15 is 0 Å². The Morgan fingerprint density at radius 3 is 2.67 bits per heavy atom. The topological polar surface area (TPSA) is 92.3 Å². The van der Waals surface area contributed by atoms with Crippen LogP contribution in [-0.2, 0) is 19.5 Å². The third-order valence-electron chi connectivity index (χ3n) is 4.99. The van der Waals surface area contributed by atoms with Crippen LogP contribution in [0.1, 0.15) is 39.5 Å². The largest absolute Gasteiger partial charge is 0.381 e. The van der Waals surface area contributed by atoms with Gasteiger partial charge in [-0.1, -0.05) is 0 Å². The first-order valence-corrected chi connectivity index (χ1v) is 11.8. The molecule has 0 aromatic heterocycles. The van der Waals surface area contributed by atoms with Gasteiger partial charge >= 0.3 is 0 Å². The van der Waals surface area contributed by atoms with Crippen LogP contribution in [0.2, 0.25) is 0 Å². The molecular formula is C18H36N4O4S. The SMILES string of the molecule is CCNC(=NCCCOCC1CCOC1)NC1CCN(S(=O)(=O)CC)CC1. The Kier molecular flexibility index (Phi) is 9.81. The van der Waals surface area contributed by atoms with Gasteiger partial charge in [-0.3, -0.25) is 4.99 Å². The average molecular weight is 405 g/mol. The minimum absolute atomic E-state index is 0.172. The fourth-order valence-corrected chi connectivity index (χ4v) is 4.43. The normalized spacial score (nSPS) is 22.9. The molecule has 2 rings (SSSR count). The lowest BCUT2D eigenvalue weighted by Crippen LogP contribution is -2.50. The summed E-state index contributed by atoms with van der Waals surface area (Å²) in [4.78, 5) is 4.62. The van der Waals surface area contributed by atoms with Gasteiger partial charge in [0.25, 0.3) is 0 Å². The lowest BCUT2D eigenvalue weighted by Gasteiger charge is -2.32. The Balaban J connectivity index is 1.66. The molecule has 2 N–H and O–H groups in total. The monoisotopic (exact) mass is 404 g/mol. The summed E-state index contributed by atoms with van der Waals surface area (Å²) in [5.41, 5.74) is 0. The van der Waals surface area contributed by atoms with Crippen molar-refractivity contribution in [2.45, 2.75) is 45.6 Å². The predicted octanol–water partition coefficient (Wildman–Crippen LogP) is 0.799. The number of hydrogen-bond acceptors (Lipinski definition) is 5. The van der Waals surface area contributed by atoms with Crippen molar-refractivity contribution in [1.29, 1.82) is 0 Å². The van der Waals surface area contributed by atoms with Gasteiger partial charge in [0.05, 0.1) is 19.0 Å². The number of guanidine groups is 1. The fourth-order valence-electron chi connectivity index (χ4n) is 3.30. The van der Waals surface area contributed by atoms with Crippen molar-refractivity contribution >= 4 is 16.0 Å². The summed E-state index contributed by atoms with van der Waals surface area (Å²) >= 11 is 0. The molecule has 2 fully saturated rings. The van der Waals surface area contributed by atoms with E-state index in [1.54, 1.807) is 11.2 Å². The van der Waals surface area contributed by atoms with E-state index in [-0.39, 0.29) is 11.8 Å². The second kappa shape index (κ2) is 11.8. The Labute approximate surface area is 164 Å². The van der Waals surface area contributed by atoms with Crippen LogP contribution < -0.4 is 10.6 Å². The fraction of sp³-hybridized carbons (Fsp3) is 0.944. The first-order valence-electron chi connectivity index (χ1n) is 10.2. The molecule has 0 saturated carbocycles. The number of rotatable bonds is 10. The van der Waals surface area contributed by atoms with E-state index in [0.29, 0.717) is 32.2 Å². The van der Waals surface area contributed by atoms with Crippen molar-refractivity contribution in [3.8, 4) is 0 Å². The van der Waals surface area contributed by atoms with Gasteiger partial charge in [0.15, 0.2) is 5.96 Å². The number of ether oxygens (including phenoxy) is 2. The summed E-state index contributed by atoms with van der Waals surface area (Å²) in [5.74, 6) is 1.53. The van der Waals surface area contributed by atoms with Crippen LogP contribution in [0.4, 0.5) is 0 Å². The predicted molar refractivity (Wildman–Crippen MR) is 108 cm³/mol. The van der Waals surface area contributed by atoms with Crippen LogP contribution in [0.3, 0.4) is 0 Å². The van der Waals surface area contributed by atoms with Crippen molar-refractivity contribution in [3.63, 3.8) is 0 Å². The van der Waals surface area contributed by atoms with E-state index in [1.165, 1.54) is 0 Å². The van der Waals surface area contributed by atoms with E-state index in [0.717, 1.165) is 58.0 Å². The van der Waals surface area contributed by atoms with Crippen LogP contribution in [-0.4, -0.2) is 83.1 Å². The Morgan fingerprint density at radius 1 is 1.26 bits per heavy atom. The zero-order valence-electron chi connectivity index (χ0n) is 16.8. The van der Waals surface area contributed by atoms with Crippen molar-refractivity contribution in [2.75, 3.05) is 58.4 Å². The summed E-state index contributed by atoms with van der Waals surface area (Å²) in [6.45, 7) is 9.57. The van der Waals surface area contributed by atoms with Crippen molar-refractivity contribution in [2.24, 2.45) is 10.9 Å². The standard InChI is InChI=1S/C18H36N4O4S/c1-3-19-18(20-9-5-12-25-14-16-8-13-26-15-16)21-17-6-10-22(11-7-17)27(23,24)4-2/h16-17H,3-15H2,1-2H3,(H2,19,20,21). The van der Waals surface area contributed by atoms with Gasteiger partial charge in [0.2, 0.25) is 10.0 Å². The number of nitrogens with zero attached hydrogens (tertiary/aromatic N) is 2. The molecule has 27 heavy (non-hydrogen) atoms. The molecule has 0 radical (unpaired) electrons. The Hall–Kier alpha value is -0.900. The molecule has 2 saturated heterocycles. The van der Waals surface area contributed by atoms with E-state index in [9.17, 15) is 8.42 Å². The zero-order valence-corrected chi connectivity index (χ0v) is 17.6. The maximum absolute atomic E-state index is 11.9. The van der Waals surface area contributed by atoms with Crippen LogP contribution in [0, 0.1) is 5.92 Å². The molecule has 158 valence electrons. The molecule has 0 aliphatic carbocycles. The second-order valence-electron chi connectivity index (χ2n) is 7.14. The first-order chi connectivity index (χ1) is 13.0. The van der Waals surface area contributed by atoms with E-state index < -0.39 is 10.0 Å². The van der Waals surface area contributed by atoms with Gasteiger partial charge in [-0.05, 0) is 39.5 Å². The minimum Gasteiger partial charge on any atom is -0.381 e. The van der Waals surface area contributed by atoms with Gasteiger partial charge in [-0.2, -0.15) is 0 Å². The van der Waals surface area contributed by atoms with E-state index in [4.69, 9.17) is 9.47 Å². The quantitative estimate of drug-likeness (QED) is 0.318. The molecule has 0 amide bonds. The maximum Gasteiger partial charge on any atom is 0.213 e. The molecule has 0 aromatic carbocycles.